The number of carboxylic acid groups (broad SMARTS) is 1. The number of amides is 1. The van der Waals surface area contributed by atoms with Crippen LogP contribution in [0.25, 0.3) is 11.0 Å². The Labute approximate surface area is 129 Å². The predicted molar refractivity (Wildman–Crippen MR) is 80.3 cm³/mol. The summed E-state index contributed by atoms with van der Waals surface area (Å²) in [4.78, 5) is 28.2. The number of fused-ring (bicyclic) bond motifs is 1. The lowest BCUT2D eigenvalue weighted by Crippen LogP contribution is -2.42. The number of aromatic nitrogens is 2. The SMILES string of the molecule is CN(C=O)C1CC(n2cc(C(=O)O)c3ccc(Br)nc32)C1. The van der Waals surface area contributed by atoms with E-state index in [4.69, 9.17) is 0 Å². The second-order valence-corrected chi connectivity index (χ2v) is 6.12. The van der Waals surface area contributed by atoms with E-state index in [0.717, 1.165) is 19.3 Å². The average Bonchev–Trinajstić information content (AvgIpc) is 2.76. The number of aromatic carboxylic acids is 1. The molecule has 2 aromatic heterocycles. The van der Waals surface area contributed by atoms with Crippen molar-refractivity contribution in [3.05, 3.63) is 28.5 Å². The molecule has 0 saturated heterocycles. The Balaban J connectivity index is 1.98. The molecule has 21 heavy (non-hydrogen) atoms. The van der Waals surface area contributed by atoms with Crippen LogP contribution >= 0.6 is 15.9 Å². The summed E-state index contributed by atoms with van der Waals surface area (Å²) in [5, 5.41) is 9.95. The molecule has 0 unspecified atom stereocenters. The number of nitrogens with zero attached hydrogens (tertiary/aromatic N) is 3. The number of hydrogen-bond acceptors (Lipinski definition) is 3. The third-order valence-electron chi connectivity index (χ3n) is 4.10. The van der Waals surface area contributed by atoms with Crippen molar-refractivity contribution in [1.82, 2.24) is 14.5 Å². The maximum absolute atomic E-state index is 11.4. The first kappa shape index (κ1) is 14.1. The highest BCUT2D eigenvalue weighted by Gasteiger charge is 2.34. The number of hydrogen-bond donors (Lipinski definition) is 1. The highest BCUT2D eigenvalue weighted by molar-refractivity contribution is 9.10. The lowest BCUT2D eigenvalue weighted by Gasteiger charge is -2.40. The van der Waals surface area contributed by atoms with Crippen molar-refractivity contribution in [2.45, 2.75) is 24.9 Å². The van der Waals surface area contributed by atoms with Gasteiger partial charge in [0.15, 0.2) is 0 Å². The first-order valence-corrected chi connectivity index (χ1v) is 7.38. The van der Waals surface area contributed by atoms with Gasteiger partial charge in [-0.3, -0.25) is 4.79 Å². The van der Waals surface area contributed by atoms with Crippen LogP contribution in [0.2, 0.25) is 0 Å². The largest absolute Gasteiger partial charge is 0.478 e. The van der Waals surface area contributed by atoms with Crippen LogP contribution in [0, 0.1) is 0 Å². The van der Waals surface area contributed by atoms with Gasteiger partial charge in [0.25, 0.3) is 0 Å². The predicted octanol–water partition coefficient (Wildman–Crippen LogP) is 2.29. The van der Waals surface area contributed by atoms with Crippen molar-refractivity contribution in [3.8, 4) is 0 Å². The third kappa shape index (κ3) is 2.31. The van der Waals surface area contributed by atoms with Crippen molar-refractivity contribution in [3.63, 3.8) is 0 Å². The first-order valence-electron chi connectivity index (χ1n) is 6.59. The fourth-order valence-electron chi connectivity index (χ4n) is 2.76. The maximum Gasteiger partial charge on any atom is 0.337 e. The van der Waals surface area contributed by atoms with Gasteiger partial charge in [-0.05, 0) is 40.9 Å². The number of carbonyl (C=O) groups is 2. The van der Waals surface area contributed by atoms with Crippen molar-refractivity contribution in [2.24, 2.45) is 0 Å². The standard InChI is InChI=1S/C14H14BrN3O3/c1-17(7-19)8-4-9(5-8)18-6-11(14(20)21)10-2-3-12(15)16-13(10)18/h2-3,6-9H,4-5H2,1H3,(H,20,21). The van der Waals surface area contributed by atoms with Gasteiger partial charge in [-0.2, -0.15) is 0 Å². The smallest absolute Gasteiger partial charge is 0.337 e. The molecule has 1 N–H and O–H groups in total. The van der Waals surface area contributed by atoms with Gasteiger partial charge in [-0.25, -0.2) is 9.78 Å². The van der Waals surface area contributed by atoms with Crippen LogP contribution in [0.3, 0.4) is 0 Å². The molecule has 0 bridgehead atoms. The fourth-order valence-corrected chi connectivity index (χ4v) is 3.06. The minimum Gasteiger partial charge on any atom is -0.478 e. The summed E-state index contributed by atoms with van der Waals surface area (Å²) < 4.78 is 2.59. The first-order chi connectivity index (χ1) is 10.0. The molecule has 0 atom stereocenters. The summed E-state index contributed by atoms with van der Waals surface area (Å²) in [6, 6.07) is 3.89. The molecule has 1 aliphatic rings. The van der Waals surface area contributed by atoms with E-state index in [2.05, 4.69) is 20.9 Å². The van der Waals surface area contributed by atoms with E-state index in [0.29, 0.717) is 15.6 Å². The molecule has 6 nitrogen and oxygen atoms in total. The molecular formula is C14H14BrN3O3. The van der Waals surface area contributed by atoms with Crippen LogP contribution in [0.15, 0.2) is 22.9 Å². The van der Waals surface area contributed by atoms with Crippen LogP contribution in [0.1, 0.15) is 29.2 Å². The molecule has 7 heteroatoms. The lowest BCUT2D eigenvalue weighted by atomic mass is 9.86. The number of pyridine rings is 1. The van der Waals surface area contributed by atoms with E-state index in [1.54, 1.807) is 30.3 Å². The van der Waals surface area contributed by atoms with Gasteiger partial charge in [0, 0.05) is 30.7 Å². The quantitative estimate of drug-likeness (QED) is 0.677. The molecule has 2 aromatic rings. The minimum absolute atomic E-state index is 0.176. The van der Waals surface area contributed by atoms with Gasteiger partial charge in [-0.15, -0.1) is 0 Å². The van der Waals surface area contributed by atoms with E-state index in [9.17, 15) is 14.7 Å². The van der Waals surface area contributed by atoms with Gasteiger partial charge in [0.2, 0.25) is 6.41 Å². The summed E-state index contributed by atoms with van der Waals surface area (Å²) in [5.74, 6) is -0.955. The monoisotopic (exact) mass is 351 g/mol. The molecule has 2 heterocycles. The molecule has 1 saturated carbocycles. The zero-order valence-corrected chi connectivity index (χ0v) is 12.9. The van der Waals surface area contributed by atoms with E-state index in [1.165, 1.54) is 0 Å². The Morgan fingerprint density at radius 3 is 2.86 bits per heavy atom. The number of rotatable bonds is 4. The molecule has 0 aliphatic heterocycles. The van der Waals surface area contributed by atoms with Crippen LogP contribution in [0.4, 0.5) is 0 Å². The number of carbonyl (C=O) groups excluding carboxylic acids is 1. The van der Waals surface area contributed by atoms with Crippen LogP contribution in [-0.4, -0.2) is 45.0 Å². The second-order valence-electron chi connectivity index (χ2n) is 5.31. The Kier molecular flexibility index (Phi) is 3.44. The number of carboxylic acids is 1. The summed E-state index contributed by atoms with van der Waals surface area (Å²) in [5.41, 5.74) is 0.927. The molecule has 0 aromatic carbocycles. The van der Waals surface area contributed by atoms with Gasteiger partial charge in [0.1, 0.15) is 10.3 Å². The summed E-state index contributed by atoms with van der Waals surface area (Å²) in [6.45, 7) is 0. The molecule has 0 spiro atoms. The molecule has 3 rings (SSSR count). The topological polar surface area (TPSA) is 75.4 Å². The number of halogens is 1. The molecule has 1 amide bonds. The van der Waals surface area contributed by atoms with Crippen LogP contribution < -0.4 is 0 Å². The van der Waals surface area contributed by atoms with Crippen LogP contribution in [-0.2, 0) is 4.79 Å². The molecule has 110 valence electrons. The summed E-state index contributed by atoms with van der Waals surface area (Å²) in [6.07, 6.45) is 4.10. The average molecular weight is 352 g/mol. The van der Waals surface area contributed by atoms with E-state index < -0.39 is 5.97 Å². The molecular weight excluding hydrogens is 338 g/mol. The second kappa shape index (κ2) is 5.14. The third-order valence-corrected chi connectivity index (χ3v) is 4.54. The Morgan fingerprint density at radius 2 is 2.24 bits per heavy atom. The van der Waals surface area contributed by atoms with E-state index >= 15 is 0 Å². The van der Waals surface area contributed by atoms with Crippen molar-refractivity contribution in [2.75, 3.05) is 7.05 Å². The molecule has 0 radical (unpaired) electrons. The van der Waals surface area contributed by atoms with Crippen molar-refractivity contribution >= 4 is 39.3 Å². The van der Waals surface area contributed by atoms with Gasteiger partial charge in [-0.1, -0.05) is 0 Å². The highest BCUT2D eigenvalue weighted by Crippen LogP contribution is 2.38. The normalized spacial score (nSPS) is 21.0. The minimum atomic E-state index is -0.955. The molecule has 1 fully saturated rings. The van der Waals surface area contributed by atoms with Gasteiger partial charge in [0.05, 0.1) is 5.56 Å². The summed E-state index contributed by atoms with van der Waals surface area (Å²) in [7, 11) is 1.76. The zero-order valence-electron chi connectivity index (χ0n) is 11.4. The summed E-state index contributed by atoms with van der Waals surface area (Å²) >= 11 is 3.32. The van der Waals surface area contributed by atoms with Gasteiger partial charge < -0.3 is 14.6 Å². The maximum atomic E-state index is 11.4. The Hall–Kier alpha value is -1.89. The zero-order chi connectivity index (χ0) is 15.1. The van der Waals surface area contributed by atoms with E-state index in [-0.39, 0.29) is 17.6 Å². The Bertz CT molecular complexity index is 722. The lowest BCUT2D eigenvalue weighted by molar-refractivity contribution is -0.120. The Morgan fingerprint density at radius 1 is 1.52 bits per heavy atom. The fraction of sp³-hybridized carbons (Fsp3) is 0.357. The van der Waals surface area contributed by atoms with Crippen LogP contribution in [0.5, 0.6) is 0 Å². The highest BCUT2D eigenvalue weighted by atomic mass is 79.9. The van der Waals surface area contributed by atoms with Crippen molar-refractivity contribution < 1.29 is 14.7 Å². The molecule has 1 aliphatic carbocycles. The van der Waals surface area contributed by atoms with Gasteiger partial charge >= 0.3 is 5.97 Å². The van der Waals surface area contributed by atoms with Crippen molar-refractivity contribution in [1.29, 1.82) is 0 Å². The van der Waals surface area contributed by atoms with E-state index in [1.807, 2.05) is 4.57 Å².